The molecule has 0 aliphatic rings. The zero-order valence-corrected chi connectivity index (χ0v) is 6.59. The quantitative estimate of drug-likeness (QED) is 0.279. The summed E-state index contributed by atoms with van der Waals surface area (Å²) in [6, 6.07) is 0.256. The van der Waals surface area contributed by atoms with Gasteiger partial charge in [-0.25, -0.2) is 0 Å². The second kappa shape index (κ2) is 5.61. The van der Waals surface area contributed by atoms with Gasteiger partial charge in [0, 0.05) is 6.04 Å². The van der Waals surface area contributed by atoms with Crippen LogP contribution in [0.2, 0.25) is 0 Å². The van der Waals surface area contributed by atoms with Gasteiger partial charge < -0.3 is 5.73 Å². The van der Waals surface area contributed by atoms with E-state index in [0.29, 0.717) is 0 Å². The van der Waals surface area contributed by atoms with Crippen LogP contribution in [0.25, 0.3) is 0 Å². The number of hydrogen-bond donors (Lipinski definition) is 3. The highest BCUT2D eigenvalue weighted by Gasteiger charge is 2.03. The summed E-state index contributed by atoms with van der Waals surface area (Å²) in [5.74, 6) is 10.6. The van der Waals surface area contributed by atoms with Crippen molar-refractivity contribution in [3.05, 3.63) is 0 Å². The summed E-state index contributed by atoms with van der Waals surface area (Å²) in [6.45, 7) is 2.75. The van der Waals surface area contributed by atoms with Gasteiger partial charge in [0.2, 0.25) is 0 Å². The number of hydrazine groups is 2. The number of rotatable bonds is 5. The van der Waals surface area contributed by atoms with E-state index in [1.54, 1.807) is 0 Å². The van der Waals surface area contributed by atoms with Gasteiger partial charge in [0.25, 0.3) is 0 Å². The maximum absolute atomic E-state index is 5.31. The molecule has 0 saturated carbocycles. The molecular formula is C6H18N4. The van der Waals surface area contributed by atoms with Crippen LogP contribution < -0.4 is 17.4 Å². The molecule has 4 heteroatoms. The maximum atomic E-state index is 5.31. The van der Waals surface area contributed by atoms with E-state index in [1.165, 1.54) is 5.12 Å². The third kappa shape index (κ3) is 4.69. The van der Waals surface area contributed by atoms with Gasteiger partial charge >= 0.3 is 0 Å². The molecule has 0 aliphatic carbocycles. The van der Waals surface area contributed by atoms with Crippen molar-refractivity contribution in [1.82, 2.24) is 5.12 Å². The lowest BCUT2D eigenvalue weighted by Gasteiger charge is -2.17. The summed E-state index contributed by atoms with van der Waals surface area (Å²) in [5.41, 5.74) is 5.31. The molecule has 0 aliphatic heterocycles. The van der Waals surface area contributed by atoms with Crippen LogP contribution in [0.3, 0.4) is 0 Å². The number of nitrogens with zero attached hydrogens (tertiary/aromatic N) is 1. The van der Waals surface area contributed by atoms with E-state index in [-0.39, 0.29) is 6.04 Å². The largest absolute Gasteiger partial charge is 0.330 e. The Morgan fingerprint density at radius 2 is 1.90 bits per heavy atom. The van der Waals surface area contributed by atoms with Crippen molar-refractivity contribution in [3.63, 3.8) is 0 Å². The SMILES string of the molecule is CC(CCCCN)N(N)N. The van der Waals surface area contributed by atoms with Crippen molar-refractivity contribution >= 4 is 0 Å². The van der Waals surface area contributed by atoms with E-state index in [4.69, 9.17) is 17.4 Å². The Morgan fingerprint density at radius 3 is 2.30 bits per heavy atom. The van der Waals surface area contributed by atoms with Gasteiger partial charge in [0.15, 0.2) is 0 Å². The average Bonchev–Trinajstić information content (AvgIpc) is 1.88. The Hall–Kier alpha value is -0.160. The molecule has 0 aromatic rings. The summed E-state index contributed by atoms with van der Waals surface area (Å²) >= 11 is 0. The average molecular weight is 146 g/mol. The van der Waals surface area contributed by atoms with Gasteiger partial charge in [-0.1, -0.05) is 6.42 Å². The normalized spacial score (nSPS) is 14.1. The number of hydrogen-bond acceptors (Lipinski definition) is 4. The predicted octanol–water partition coefficient (Wildman–Crippen LogP) is -0.447. The smallest absolute Gasteiger partial charge is 0.0366 e. The topological polar surface area (TPSA) is 81.3 Å². The van der Waals surface area contributed by atoms with Crippen LogP contribution in [0.1, 0.15) is 26.2 Å². The van der Waals surface area contributed by atoms with Crippen LogP contribution in [-0.4, -0.2) is 17.7 Å². The van der Waals surface area contributed by atoms with Crippen LogP contribution in [-0.2, 0) is 0 Å². The van der Waals surface area contributed by atoms with Crippen LogP contribution in [0.15, 0.2) is 0 Å². The monoisotopic (exact) mass is 146 g/mol. The molecule has 0 spiro atoms. The molecule has 10 heavy (non-hydrogen) atoms. The van der Waals surface area contributed by atoms with Crippen LogP contribution >= 0.6 is 0 Å². The highest BCUT2D eigenvalue weighted by Crippen LogP contribution is 2.00. The van der Waals surface area contributed by atoms with Crippen molar-refractivity contribution in [3.8, 4) is 0 Å². The summed E-state index contributed by atoms with van der Waals surface area (Å²) in [5, 5.41) is 1.25. The third-order valence-electron chi connectivity index (χ3n) is 1.58. The standard InChI is InChI=1S/C6H18N4/c1-6(10(8)9)4-2-3-5-7/h6H,2-5,7-9H2,1H3. The van der Waals surface area contributed by atoms with Gasteiger partial charge in [-0.3, -0.25) is 11.7 Å². The first kappa shape index (κ1) is 9.84. The van der Waals surface area contributed by atoms with Crippen molar-refractivity contribution in [1.29, 1.82) is 0 Å². The Morgan fingerprint density at radius 1 is 1.30 bits per heavy atom. The Labute approximate surface area is 62.3 Å². The molecule has 4 nitrogen and oxygen atoms in total. The highest BCUT2D eigenvalue weighted by atomic mass is 15.6. The van der Waals surface area contributed by atoms with Gasteiger partial charge in [-0.2, -0.15) is 5.12 Å². The first-order chi connectivity index (χ1) is 4.68. The van der Waals surface area contributed by atoms with E-state index in [0.717, 1.165) is 25.8 Å². The molecule has 0 fully saturated rings. The lowest BCUT2D eigenvalue weighted by Crippen LogP contribution is -2.44. The lowest BCUT2D eigenvalue weighted by molar-refractivity contribution is 0.206. The maximum Gasteiger partial charge on any atom is 0.0366 e. The zero-order valence-electron chi connectivity index (χ0n) is 6.59. The van der Waals surface area contributed by atoms with Gasteiger partial charge in [0.05, 0.1) is 0 Å². The summed E-state index contributed by atoms with van der Waals surface area (Å²) in [4.78, 5) is 0. The van der Waals surface area contributed by atoms with Crippen molar-refractivity contribution in [2.45, 2.75) is 32.2 Å². The van der Waals surface area contributed by atoms with Crippen LogP contribution in [0.5, 0.6) is 0 Å². The molecule has 0 aromatic carbocycles. The molecule has 1 unspecified atom stereocenters. The van der Waals surface area contributed by atoms with E-state index in [2.05, 4.69) is 0 Å². The molecule has 0 bridgehead atoms. The fourth-order valence-corrected chi connectivity index (χ4v) is 0.733. The molecule has 0 heterocycles. The van der Waals surface area contributed by atoms with Crippen molar-refractivity contribution in [2.24, 2.45) is 17.4 Å². The van der Waals surface area contributed by atoms with Gasteiger partial charge in [-0.15, -0.1) is 0 Å². The number of nitrogens with two attached hydrogens (primary N) is 3. The summed E-state index contributed by atoms with van der Waals surface area (Å²) in [6.07, 6.45) is 3.17. The molecule has 0 amide bonds. The van der Waals surface area contributed by atoms with Crippen molar-refractivity contribution < 1.29 is 0 Å². The fraction of sp³-hybridized carbons (Fsp3) is 1.00. The second-order valence-electron chi connectivity index (χ2n) is 2.58. The Balaban J connectivity index is 3.13. The molecule has 62 valence electrons. The zero-order chi connectivity index (χ0) is 7.98. The lowest BCUT2D eigenvalue weighted by atomic mass is 10.1. The molecular weight excluding hydrogens is 128 g/mol. The van der Waals surface area contributed by atoms with Crippen molar-refractivity contribution in [2.75, 3.05) is 6.54 Å². The molecule has 1 atom stereocenters. The van der Waals surface area contributed by atoms with E-state index < -0.39 is 0 Å². The molecule has 0 saturated heterocycles. The highest BCUT2D eigenvalue weighted by molar-refractivity contribution is 4.56. The molecule has 6 N–H and O–H groups in total. The molecule has 0 aromatic heterocycles. The molecule has 0 radical (unpaired) electrons. The Kier molecular flexibility index (Phi) is 5.52. The molecule has 0 rings (SSSR count). The minimum Gasteiger partial charge on any atom is -0.330 e. The van der Waals surface area contributed by atoms with Gasteiger partial charge in [-0.05, 0) is 26.3 Å². The van der Waals surface area contributed by atoms with Crippen LogP contribution in [0.4, 0.5) is 0 Å². The van der Waals surface area contributed by atoms with E-state index in [9.17, 15) is 0 Å². The minimum atomic E-state index is 0.256. The predicted molar refractivity (Wildman–Crippen MR) is 42.6 cm³/mol. The first-order valence-corrected chi connectivity index (χ1v) is 3.67. The Bertz CT molecular complexity index is 74.1. The third-order valence-corrected chi connectivity index (χ3v) is 1.58. The second-order valence-corrected chi connectivity index (χ2v) is 2.58. The fourth-order valence-electron chi connectivity index (χ4n) is 0.733. The van der Waals surface area contributed by atoms with E-state index in [1.807, 2.05) is 6.92 Å². The minimum absolute atomic E-state index is 0.256. The van der Waals surface area contributed by atoms with E-state index >= 15 is 0 Å². The first-order valence-electron chi connectivity index (χ1n) is 3.67. The summed E-state index contributed by atoms with van der Waals surface area (Å²) in [7, 11) is 0. The summed E-state index contributed by atoms with van der Waals surface area (Å²) < 4.78 is 0. The van der Waals surface area contributed by atoms with Crippen LogP contribution in [0, 0.1) is 0 Å². The van der Waals surface area contributed by atoms with Gasteiger partial charge in [0.1, 0.15) is 0 Å². The number of unbranched alkanes of at least 4 members (excludes halogenated alkanes) is 1.